The maximum absolute atomic E-state index is 6.45. The number of rotatable bonds is 4. The van der Waals surface area contributed by atoms with E-state index in [0.29, 0.717) is 12.5 Å². The van der Waals surface area contributed by atoms with Gasteiger partial charge in [-0.25, -0.2) is 4.98 Å². The van der Waals surface area contributed by atoms with Gasteiger partial charge in [0.25, 0.3) is 0 Å². The molecule has 106 valence electrons. The van der Waals surface area contributed by atoms with E-state index >= 15 is 0 Å². The van der Waals surface area contributed by atoms with Crippen molar-refractivity contribution in [3.63, 3.8) is 0 Å². The standard InChI is InChI=1S/C17H20ClNO/c1-2-10-20-16-9-5-8-13-14(18)11-15(19-17(13)16)12-6-3-4-7-12/h5,8-9,11-12H,2-4,6-7,10H2,1H3. The van der Waals surface area contributed by atoms with Gasteiger partial charge >= 0.3 is 0 Å². The normalized spacial score (nSPS) is 15.9. The third kappa shape index (κ3) is 2.62. The van der Waals surface area contributed by atoms with Crippen molar-refractivity contribution in [3.05, 3.63) is 35.0 Å². The van der Waals surface area contributed by atoms with Gasteiger partial charge in [-0.3, -0.25) is 0 Å². The molecule has 0 bridgehead atoms. The van der Waals surface area contributed by atoms with Gasteiger partial charge in [0, 0.05) is 17.0 Å². The Kier molecular flexibility index (Phi) is 4.11. The molecule has 0 saturated heterocycles. The van der Waals surface area contributed by atoms with E-state index in [-0.39, 0.29) is 0 Å². The summed E-state index contributed by atoms with van der Waals surface area (Å²) in [5.74, 6) is 1.42. The van der Waals surface area contributed by atoms with Crippen LogP contribution in [0.5, 0.6) is 5.75 Å². The Morgan fingerprint density at radius 1 is 1.30 bits per heavy atom. The summed E-state index contributed by atoms with van der Waals surface area (Å²) in [6, 6.07) is 8.03. The molecule has 1 aromatic carbocycles. The molecule has 1 heterocycles. The second-order valence-electron chi connectivity index (χ2n) is 5.51. The summed E-state index contributed by atoms with van der Waals surface area (Å²) in [5, 5.41) is 1.78. The Morgan fingerprint density at radius 3 is 2.85 bits per heavy atom. The minimum Gasteiger partial charge on any atom is -0.491 e. The van der Waals surface area contributed by atoms with Crippen LogP contribution < -0.4 is 4.74 Å². The molecule has 0 amide bonds. The second kappa shape index (κ2) is 6.01. The van der Waals surface area contributed by atoms with Crippen LogP contribution in [0.1, 0.15) is 50.6 Å². The molecular formula is C17H20ClNO. The summed E-state index contributed by atoms with van der Waals surface area (Å²) in [6.07, 6.45) is 6.05. The lowest BCUT2D eigenvalue weighted by Crippen LogP contribution is -2.00. The Hall–Kier alpha value is -1.28. The van der Waals surface area contributed by atoms with Gasteiger partial charge in [0.15, 0.2) is 0 Å². The first-order chi connectivity index (χ1) is 9.79. The van der Waals surface area contributed by atoms with E-state index < -0.39 is 0 Å². The fourth-order valence-corrected chi connectivity index (χ4v) is 3.22. The average Bonchev–Trinajstić information content (AvgIpc) is 2.99. The lowest BCUT2D eigenvalue weighted by atomic mass is 10.0. The highest BCUT2D eigenvalue weighted by atomic mass is 35.5. The van der Waals surface area contributed by atoms with Gasteiger partial charge in [0.1, 0.15) is 11.3 Å². The van der Waals surface area contributed by atoms with Crippen molar-refractivity contribution in [1.29, 1.82) is 0 Å². The first kappa shape index (κ1) is 13.7. The first-order valence-corrected chi connectivity index (χ1v) is 7.89. The number of halogens is 1. The van der Waals surface area contributed by atoms with Crippen LogP contribution in [-0.2, 0) is 0 Å². The lowest BCUT2D eigenvalue weighted by molar-refractivity contribution is 0.320. The lowest BCUT2D eigenvalue weighted by Gasteiger charge is -2.13. The zero-order chi connectivity index (χ0) is 13.9. The summed E-state index contributed by atoms with van der Waals surface area (Å²) in [7, 11) is 0. The van der Waals surface area contributed by atoms with Gasteiger partial charge < -0.3 is 4.74 Å². The smallest absolute Gasteiger partial charge is 0.145 e. The number of para-hydroxylation sites is 1. The SMILES string of the molecule is CCCOc1cccc2c(Cl)cc(C3CCCC3)nc12. The highest BCUT2D eigenvalue weighted by molar-refractivity contribution is 6.35. The summed E-state index contributed by atoms with van der Waals surface area (Å²) >= 11 is 6.45. The molecule has 0 spiro atoms. The summed E-state index contributed by atoms with van der Waals surface area (Å²) in [6.45, 7) is 2.82. The molecular weight excluding hydrogens is 270 g/mol. The van der Waals surface area contributed by atoms with Crippen LogP contribution >= 0.6 is 11.6 Å². The molecule has 1 fully saturated rings. The van der Waals surface area contributed by atoms with Crippen molar-refractivity contribution in [2.24, 2.45) is 0 Å². The molecule has 0 aliphatic heterocycles. The molecule has 0 unspecified atom stereocenters. The largest absolute Gasteiger partial charge is 0.491 e. The van der Waals surface area contributed by atoms with Crippen LogP contribution in [0.3, 0.4) is 0 Å². The zero-order valence-electron chi connectivity index (χ0n) is 11.9. The maximum Gasteiger partial charge on any atom is 0.145 e. The Morgan fingerprint density at radius 2 is 2.10 bits per heavy atom. The molecule has 3 rings (SSSR count). The number of hydrogen-bond acceptors (Lipinski definition) is 2. The van der Waals surface area contributed by atoms with E-state index in [0.717, 1.165) is 33.8 Å². The van der Waals surface area contributed by atoms with Gasteiger partial charge in [-0.2, -0.15) is 0 Å². The van der Waals surface area contributed by atoms with Crippen molar-refractivity contribution in [3.8, 4) is 5.75 Å². The van der Waals surface area contributed by atoms with E-state index in [1.165, 1.54) is 25.7 Å². The second-order valence-corrected chi connectivity index (χ2v) is 5.92. The zero-order valence-corrected chi connectivity index (χ0v) is 12.6. The van der Waals surface area contributed by atoms with E-state index in [1.807, 2.05) is 24.3 Å². The first-order valence-electron chi connectivity index (χ1n) is 7.51. The van der Waals surface area contributed by atoms with Crippen molar-refractivity contribution >= 4 is 22.5 Å². The number of hydrogen-bond donors (Lipinski definition) is 0. The average molecular weight is 290 g/mol. The summed E-state index contributed by atoms with van der Waals surface area (Å²) in [4.78, 5) is 4.86. The fourth-order valence-electron chi connectivity index (χ4n) is 2.96. The molecule has 2 nitrogen and oxygen atoms in total. The van der Waals surface area contributed by atoms with Crippen LogP contribution in [0.4, 0.5) is 0 Å². The molecule has 1 aliphatic carbocycles. The van der Waals surface area contributed by atoms with Crippen LogP contribution in [0, 0.1) is 0 Å². The molecule has 3 heteroatoms. The maximum atomic E-state index is 6.45. The number of nitrogens with zero attached hydrogens (tertiary/aromatic N) is 1. The topological polar surface area (TPSA) is 22.1 Å². The van der Waals surface area contributed by atoms with Crippen molar-refractivity contribution < 1.29 is 4.74 Å². The Labute approximate surface area is 125 Å². The van der Waals surface area contributed by atoms with Gasteiger partial charge in [-0.1, -0.05) is 43.5 Å². The molecule has 2 aromatic rings. The number of fused-ring (bicyclic) bond motifs is 1. The minimum absolute atomic E-state index is 0.566. The number of benzene rings is 1. The number of ether oxygens (including phenoxy) is 1. The Bertz CT molecular complexity index is 605. The minimum atomic E-state index is 0.566. The predicted octanol–water partition coefficient (Wildman–Crippen LogP) is 5.33. The van der Waals surface area contributed by atoms with Crippen LogP contribution in [0.25, 0.3) is 10.9 Å². The molecule has 20 heavy (non-hydrogen) atoms. The number of pyridine rings is 1. The summed E-state index contributed by atoms with van der Waals surface area (Å²) < 4.78 is 5.82. The molecule has 0 N–H and O–H groups in total. The van der Waals surface area contributed by atoms with Crippen molar-refractivity contribution in [1.82, 2.24) is 4.98 Å². The monoisotopic (exact) mass is 289 g/mol. The predicted molar refractivity (Wildman–Crippen MR) is 83.7 cm³/mol. The molecule has 1 aliphatic rings. The van der Waals surface area contributed by atoms with Crippen LogP contribution in [0.15, 0.2) is 24.3 Å². The third-order valence-electron chi connectivity index (χ3n) is 4.01. The van der Waals surface area contributed by atoms with E-state index in [1.54, 1.807) is 0 Å². The number of aromatic nitrogens is 1. The van der Waals surface area contributed by atoms with Gasteiger partial charge in [0.2, 0.25) is 0 Å². The Balaban J connectivity index is 2.06. The van der Waals surface area contributed by atoms with Gasteiger partial charge in [0.05, 0.1) is 11.6 Å². The van der Waals surface area contributed by atoms with Gasteiger partial charge in [-0.05, 0) is 31.4 Å². The molecule has 0 radical (unpaired) electrons. The molecule has 1 aromatic heterocycles. The fraction of sp³-hybridized carbons (Fsp3) is 0.471. The molecule has 1 saturated carbocycles. The highest BCUT2D eigenvalue weighted by Gasteiger charge is 2.20. The summed E-state index contributed by atoms with van der Waals surface area (Å²) in [5.41, 5.74) is 2.04. The quantitative estimate of drug-likeness (QED) is 0.758. The van der Waals surface area contributed by atoms with E-state index in [4.69, 9.17) is 21.3 Å². The van der Waals surface area contributed by atoms with Crippen LogP contribution in [0.2, 0.25) is 5.02 Å². The van der Waals surface area contributed by atoms with E-state index in [9.17, 15) is 0 Å². The van der Waals surface area contributed by atoms with Crippen molar-refractivity contribution in [2.75, 3.05) is 6.61 Å². The van der Waals surface area contributed by atoms with Gasteiger partial charge in [-0.15, -0.1) is 0 Å². The van der Waals surface area contributed by atoms with E-state index in [2.05, 4.69) is 6.92 Å². The third-order valence-corrected chi connectivity index (χ3v) is 4.32. The molecule has 0 atom stereocenters. The highest BCUT2D eigenvalue weighted by Crippen LogP contribution is 2.37. The van der Waals surface area contributed by atoms with Crippen molar-refractivity contribution in [2.45, 2.75) is 44.9 Å². The van der Waals surface area contributed by atoms with Crippen LogP contribution in [-0.4, -0.2) is 11.6 Å².